The second-order valence-corrected chi connectivity index (χ2v) is 11.0. The molecule has 1 aliphatic heterocycles. The quantitative estimate of drug-likeness (QED) is 0.226. The lowest BCUT2D eigenvalue weighted by molar-refractivity contribution is -0.384. The smallest absolute Gasteiger partial charge is 0.269 e. The van der Waals surface area contributed by atoms with Gasteiger partial charge in [-0.25, -0.2) is 8.42 Å². The number of carbonyl (C=O) groups excluding carboxylic acids is 1. The fourth-order valence-corrected chi connectivity index (χ4v) is 5.98. The second-order valence-electron chi connectivity index (χ2n) is 9.11. The number of nitro groups is 1. The van der Waals surface area contributed by atoms with Gasteiger partial charge in [-0.3, -0.25) is 19.7 Å². The van der Waals surface area contributed by atoms with Gasteiger partial charge in [0.2, 0.25) is 21.2 Å². The van der Waals surface area contributed by atoms with Gasteiger partial charge in [0.25, 0.3) is 11.6 Å². The van der Waals surface area contributed by atoms with Crippen LogP contribution in [0.25, 0.3) is 22.3 Å². The number of nitro benzene ring substituents is 1. The third-order valence-electron chi connectivity index (χ3n) is 6.72. The Morgan fingerprint density at radius 2 is 1.63 bits per heavy atom. The molecule has 2 heterocycles. The van der Waals surface area contributed by atoms with Gasteiger partial charge in [0.15, 0.2) is 12.4 Å². The van der Waals surface area contributed by atoms with Crippen LogP contribution in [0.2, 0.25) is 0 Å². The van der Waals surface area contributed by atoms with Crippen molar-refractivity contribution in [3.8, 4) is 22.8 Å². The van der Waals surface area contributed by atoms with E-state index in [0.717, 1.165) is 12.1 Å². The summed E-state index contributed by atoms with van der Waals surface area (Å²) in [6.07, 6.45) is 0. The molecule has 1 aliphatic rings. The molecule has 4 aromatic rings. The zero-order valence-electron chi connectivity index (χ0n) is 21.9. The number of hydrogen-bond acceptors (Lipinski definition) is 9. The van der Waals surface area contributed by atoms with E-state index in [4.69, 9.17) is 13.9 Å². The molecule has 0 bridgehead atoms. The largest absolute Gasteiger partial charge is 0.496 e. The highest BCUT2D eigenvalue weighted by Crippen LogP contribution is 2.36. The molecular weight excluding hydrogens is 554 g/mol. The molecule has 1 aromatic heterocycles. The number of non-ortho nitro benzene ring substituents is 1. The van der Waals surface area contributed by atoms with Crippen LogP contribution in [0.3, 0.4) is 0 Å². The second kappa shape index (κ2) is 11.4. The van der Waals surface area contributed by atoms with Crippen LogP contribution in [0.4, 0.5) is 5.69 Å². The number of sulfonamides is 1. The summed E-state index contributed by atoms with van der Waals surface area (Å²) in [6, 6.07) is 18.3. The number of carbonyl (C=O) groups is 1. The Hall–Kier alpha value is -4.75. The number of ether oxygens (including phenoxy) is 2. The number of nitrogens with zero attached hydrogens (tertiary/aromatic N) is 3. The first kappa shape index (κ1) is 27.8. The van der Waals surface area contributed by atoms with Crippen molar-refractivity contribution >= 4 is 32.6 Å². The van der Waals surface area contributed by atoms with E-state index < -0.39 is 32.9 Å². The minimum absolute atomic E-state index is 0.0235. The zero-order chi connectivity index (χ0) is 29.1. The third-order valence-corrected chi connectivity index (χ3v) is 8.64. The highest BCUT2D eigenvalue weighted by Gasteiger charge is 2.31. The average molecular weight is 580 g/mol. The van der Waals surface area contributed by atoms with Crippen LogP contribution in [0.15, 0.2) is 86.9 Å². The Bertz CT molecular complexity index is 1780. The molecule has 0 atom stereocenters. The lowest BCUT2D eigenvalue weighted by atomic mass is 10.1. The number of piperazine rings is 1. The third kappa shape index (κ3) is 5.49. The maximum atomic E-state index is 13.4. The van der Waals surface area contributed by atoms with Gasteiger partial charge in [-0.05, 0) is 36.4 Å². The molecule has 212 valence electrons. The molecule has 5 rings (SSSR count). The summed E-state index contributed by atoms with van der Waals surface area (Å²) in [6.45, 7) is -0.230. The highest BCUT2D eigenvalue weighted by atomic mass is 32.2. The van der Waals surface area contributed by atoms with Gasteiger partial charge in [-0.2, -0.15) is 4.31 Å². The van der Waals surface area contributed by atoms with Crippen LogP contribution in [-0.4, -0.2) is 68.3 Å². The molecule has 0 N–H and O–H groups in total. The van der Waals surface area contributed by atoms with E-state index in [1.54, 1.807) is 48.5 Å². The Morgan fingerprint density at radius 1 is 0.976 bits per heavy atom. The monoisotopic (exact) mass is 579 g/mol. The maximum absolute atomic E-state index is 13.4. The fourth-order valence-electron chi connectivity index (χ4n) is 4.56. The van der Waals surface area contributed by atoms with Gasteiger partial charge >= 0.3 is 0 Å². The van der Waals surface area contributed by atoms with Crippen molar-refractivity contribution < 1.29 is 32.0 Å². The Kier molecular flexibility index (Phi) is 7.72. The number of benzene rings is 3. The molecule has 1 saturated heterocycles. The summed E-state index contributed by atoms with van der Waals surface area (Å²) in [4.78, 5) is 38.1. The lowest BCUT2D eigenvalue weighted by Gasteiger charge is -2.34. The van der Waals surface area contributed by atoms with Gasteiger partial charge < -0.3 is 18.8 Å². The van der Waals surface area contributed by atoms with E-state index in [1.807, 2.05) is 0 Å². The van der Waals surface area contributed by atoms with Crippen LogP contribution in [0, 0.1) is 10.1 Å². The van der Waals surface area contributed by atoms with Gasteiger partial charge in [0, 0.05) is 38.3 Å². The van der Waals surface area contributed by atoms with Gasteiger partial charge in [-0.15, -0.1) is 0 Å². The number of methoxy groups -OCH3 is 1. The summed E-state index contributed by atoms with van der Waals surface area (Å²) in [5.74, 6) is 0.00211. The molecule has 1 fully saturated rings. The van der Waals surface area contributed by atoms with Crippen molar-refractivity contribution in [3.63, 3.8) is 0 Å². The summed E-state index contributed by atoms with van der Waals surface area (Å²) >= 11 is 0. The summed E-state index contributed by atoms with van der Waals surface area (Å²) in [5, 5.41) is 11.2. The van der Waals surface area contributed by atoms with E-state index in [0.29, 0.717) is 22.3 Å². The number of rotatable bonds is 8. The number of hydrogen-bond donors (Lipinski definition) is 0. The molecule has 0 saturated carbocycles. The van der Waals surface area contributed by atoms with E-state index in [9.17, 15) is 28.1 Å². The van der Waals surface area contributed by atoms with Crippen molar-refractivity contribution in [2.24, 2.45) is 0 Å². The SMILES string of the molecule is COc1ccccc1-c1oc2ccccc2c(=O)c1OCC(=O)N1CCN(S(=O)(=O)c2ccc([N+](=O)[O-])cc2)CC1. The van der Waals surface area contributed by atoms with E-state index in [1.165, 1.54) is 28.4 Å². The number of para-hydroxylation sites is 2. The van der Waals surface area contributed by atoms with Gasteiger partial charge in [-0.1, -0.05) is 24.3 Å². The molecule has 1 amide bonds. The van der Waals surface area contributed by atoms with E-state index in [2.05, 4.69) is 0 Å². The lowest BCUT2D eigenvalue weighted by Crippen LogP contribution is -2.51. The minimum Gasteiger partial charge on any atom is -0.496 e. The normalized spacial score (nSPS) is 14.1. The molecule has 0 spiro atoms. The summed E-state index contributed by atoms with van der Waals surface area (Å²) in [7, 11) is -2.41. The molecule has 41 heavy (non-hydrogen) atoms. The zero-order valence-corrected chi connectivity index (χ0v) is 22.7. The van der Waals surface area contributed by atoms with Gasteiger partial charge in [0.05, 0.1) is 27.9 Å². The first-order chi connectivity index (χ1) is 19.7. The van der Waals surface area contributed by atoms with Gasteiger partial charge in [0.1, 0.15) is 11.3 Å². The predicted molar refractivity (Wildman–Crippen MR) is 148 cm³/mol. The predicted octanol–water partition coefficient (Wildman–Crippen LogP) is 3.29. The minimum atomic E-state index is -3.90. The van der Waals surface area contributed by atoms with E-state index in [-0.39, 0.29) is 48.3 Å². The van der Waals surface area contributed by atoms with Crippen LogP contribution in [0.5, 0.6) is 11.5 Å². The van der Waals surface area contributed by atoms with Crippen molar-refractivity contribution in [3.05, 3.63) is 93.1 Å². The first-order valence-corrected chi connectivity index (χ1v) is 14.0. The van der Waals surface area contributed by atoms with Crippen molar-refractivity contribution in [1.82, 2.24) is 9.21 Å². The molecule has 13 heteroatoms. The Labute approximate surface area is 234 Å². The molecule has 0 aliphatic carbocycles. The number of fused-ring (bicyclic) bond motifs is 1. The molecule has 3 aromatic carbocycles. The Balaban J connectivity index is 1.32. The molecule has 0 radical (unpaired) electrons. The standard InChI is InChI=1S/C28H25N3O9S/c1-38-23-8-4-3-7-22(23)27-28(26(33)21-6-2-5-9-24(21)40-27)39-18-25(32)29-14-16-30(17-15-29)41(36,37)20-12-10-19(11-13-20)31(34)35/h2-13H,14-18H2,1H3. The maximum Gasteiger partial charge on any atom is 0.269 e. The van der Waals surface area contributed by atoms with Crippen LogP contribution >= 0.6 is 0 Å². The van der Waals surface area contributed by atoms with Crippen LogP contribution in [-0.2, 0) is 14.8 Å². The van der Waals surface area contributed by atoms with Crippen molar-refractivity contribution in [2.75, 3.05) is 39.9 Å². The summed E-state index contributed by atoms with van der Waals surface area (Å²) in [5.41, 5.74) is 0.168. The fraction of sp³-hybridized carbons (Fsp3) is 0.214. The topological polar surface area (TPSA) is 150 Å². The Morgan fingerprint density at radius 3 is 2.32 bits per heavy atom. The number of amides is 1. The van der Waals surface area contributed by atoms with Crippen LogP contribution < -0.4 is 14.9 Å². The van der Waals surface area contributed by atoms with E-state index >= 15 is 0 Å². The average Bonchev–Trinajstić information content (AvgIpc) is 3.00. The first-order valence-electron chi connectivity index (χ1n) is 12.5. The van der Waals surface area contributed by atoms with Crippen molar-refractivity contribution in [1.29, 1.82) is 0 Å². The molecular formula is C28H25N3O9S. The van der Waals surface area contributed by atoms with Crippen molar-refractivity contribution in [2.45, 2.75) is 4.90 Å². The highest BCUT2D eigenvalue weighted by molar-refractivity contribution is 7.89. The summed E-state index contributed by atoms with van der Waals surface area (Å²) < 4.78 is 44.5. The van der Waals surface area contributed by atoms with Crippen LogP contribution in [0.1, 0.15) is 0 Å². The molecule has 12 nitrogen and oxygen atoms in total. The molecule has 0 unspecified atom stereocenters.